The third-order valence-corrected chi connectivity index (χ3v) is 5.11. The fraction of sp³-hybridized carbons (Fsp3) is 1.00. The van der Waals surface area contributed by atoms with Crippen molar-refractivity contribution in [3.63, 3.8) is 0 Å². The predicted molar refractivity (Wildman–Crippen MR) is 82.5 cm³/mol. The molecule has 1 aliphatic carbocycles. The predicted octanol–water partition coefficient (Wildman–Crippen LogP) is 1.85. The Bertz CT molecular complexity index is 277. The Labute approximate surface area is 119 Å². The SMILES string of the molecule is CC(C)N1CC2CC(CN(C)CCN(C)C)C(C2)C1. The molecule has 1 saturated carbocycles. The van der Waals surface area contributed by atoms with Crippen LogP contribution in [0.2, 0.25) is 0 Å². The van der Waals surface area contributed by atoms with E-state index in [1.54, 1.807) is 0 Å². The molecule has 1 saturated heterocycles. The van der Waals surface area contributed by atoms with E-state index < -0.39 is 0 Å². The van der Waals surface area contributed by atoms with E-state index in [0.717, 1.165) is 23.8 Å². The highest BCUT2D eigenvalue weighted by Crippen LogP contribution is 2.41. The van der Waals surface area contributed by atoms with Crippen LogP contribution in [0, 0.1) is 17.8 Å². The van der Waals surface area contributed by atoms with Crippen molar-refractivity contribution in [1.82, 2.24) is 14.7 Å². The summed E-state index contributed by atoms with van der Waals surface area (Å²) >= 11 is 0. The van der Waals surface area contributed by atoms with Crippen molar-refractivity contribution in [3.8, 4) is 0 Å². The summed E-state index contributed by atoms with van der Waals surface area (Å²) in [6, 6.07) is 0.732. The first kappa shape index (κ1) is 15.3. The Morgan fingerprint density at radius 1 is 1.05 bits per heavy atom. The molecule has 0 aromatic rings. The molecule has 2 fully saturated rings. The summed E-state index contributed by atoms with van der Waals surface area (Å²) in [6.07, 6.45) is 2.97. The molecule has 2 rings (SSSR count). The minimum absolute atomic E-state index is 0.732. The van der Waals surface area contributed by atoms with Crippen LogP contribution in [-0.4, -0.2) is 74.6 Å². The van der Waals surface area contributed by atoms with Gasteiger partial charge in [-0.05, 0) is 65.6 Å². The summed E-state index contributed by atoms with van der Waals surface area (Å²) in [5.74, 6) is 2.89. The van der Waals surface area contributed by atoms with Crippen LogP contribution in [0.4, 0.5) is 0 Å². The highest BCUT2D eigenvalue weighted by atomic mass is 15.2. The van der Waals surface area contributed by atoms with Crippen molar-refractivity contribution in [3.05, 3.63) is 0 Å². The van der Waals surface area contributed by atoms with Gasteiger partial charge in [-0.3, -0.25) is 0 Å². The Morgan fingerprint density at radius 2 is 1.79 bits per heavy atom. The van der Waals surface area contributed by atoms with E-state index in [1.165, 1.54) is 45.6 Å². The van der Waals surface area contributed by atoms with Crippen molar-refractivity contribution >= 4 is 0 Å². The van der Waals surface area contributed by atoms with Crippen LogP contribution in [0.3, 0.4) is 0 Å². The van der Waals surface area contributed by atoms with Gasteiger partial charge in [-0.1, -0.05) is 0 Å². The summed E-state index contributed by atoms with van der Waals surface area (Å²) in [4.78, 5) is 7.54. The third-order valence-electron chi connectivity index (χ3n) is 5.11. The minimum Gasteiger partial charge on any atom is -0.308 e. The normalized spacial score (nSPS) is 31.9. The topological polar surface area (TPSA) is 9.72 Å². The molecule has 0 amide bonds. The molecule has 3 unspecified atom stereocenters. The van der Waals surface area contributed by atoms with Crippen LogP contribution in [0.15, 0.2) is 0 Å². The zero-order valence-electron chi connectivity index (χ0n) is 13.6. The van der Waals surface area contributed by atoms with E-state index in [9.17, 15) is 0 Å². The first-order chi connectivity index (χ1) is 8.95. The lowest BCUT2D eigenvalue weighted by Crippen LogP contribution is -2.42. The number of rotatable bonds is 6. The molecule has 112 valence electrons. The van der Waals surface area contributed by atoms with Crippen LogP contribution in [0.5, 0.6) is 0 Å². The van der Waals surface area contributed by atoms with E-state index in [1.807, 2.05) is 0 Å². The standard InChI is InChI=1S/C16H33N3/c1-13(2)19-10-14-8-15(16(9-14)12-19)11-18(5)7-6-17(3)4/h13-16H,6-12H2,1-5H3. The van der Waals surface area contributed by atoms with Gasteiger partial charge in [0.05, 0.1) is 0 Å². The average molecular weight is 267 g/mol. The number of fused-ring (bicyclic) bond motifs is 2. The van der Waals surface area contributed by atoms with E-state index in [4.69, 9.17) is 0 Å². The fourth-order valence-electron chi connectivity index (χ4n) is 3.93. The van der Waals surface area contributed by atoms with Crippen molar-refractivity contribution in [2.24, 2.45) is 17.8 Å². The highest BCUT2D eigenvalue weighted by Gasteiger charge is 2.40. The number of piperidine rings is 1. The molecule has 0 spiro atoms. The maximum absolute atomic E-state index is 2.71. The Kier molecular flexibility index (Phi) is 5.27. The van der Waals surface area contributed by atoms with Crippen molar-refractivity contribution in [2.75, 3.05) is 53.9 Å². The Morgan fingerprint density at radius 3 is 2.42 bits per heavy atom. The number of nitrogens with zero attached hydrogens (tertiary/aromatic N) is 3. The number of hydrogen-bond donors (Lipinski definition) is 0. The highest BCUT2D eigenvalue weighted by molar-refractivity contribution is 4.93. The molecule has 3 atom stereocenters. The van der Waals surface area contributed by atoms with Gasteiger partial charge in [-0.25, -0.2) is 0 Å². The maximum atomic E-state index is 2.71. The van der Waals surface area contributed by atoms with Crippen molar-refractivity contribution < 1.29 is 0 Å². The largest absolute Gasteiger partial charge is 0.308 e. The molecule has 0 aromatic heterocycles. The van der Waals surface area contributed by atoms with Gasteiger partial charge < -0.3 is 14.7 Å². The van der Waals surface area contributed by atoms with Gasteiger partial charge in [0.25, 0.3) is 0 Å². The lowest BCUT2D eigenvalue weighted by atomic mass is 9.93. The van der Waals surface area contributed by atoms with Crippen LogP contribution < -0.4 is 0 Å². The van der Waals surface area contributed by atoms with E-state index >= 15 is 0 Å². The van der Waals surface area contributed by atoms with Gasteiger partial charge in [0.15, 0.2) is 0 Å². The lowest BCUT2D eigenvalue weighted by Gasteiger charge is -2.35. The third kappa shape index (κ3) is 4.17. The summed E-state index contributed by atoms with van der Waals surface area (Å²) in [7, 11) is 6.62. The first-order valence-electron chi connectivity index (χ1n) is 8.03. The Balaban J connectivity index is 1.80. The first-order valence-corrected chi connectivity index (χ1v) is 8.03. The van der Waals surface area contributed by atoms with Crippen LogP contribution in [0.1, 0.15) is 26.7 Å². The molecule has 3 heteroatoms. The summed E-state index contributed by atoms with van der Waals surface area (Å²) in [5.41, 5.74) is 0. The average Bonchev–Trinajstić information content (AvgIpc) is 2.61. The van der Waals surface area contributed by atoms with Gasteiger partial charge >= 0.3 is 0 Å². The lowest BCUT2D eigenvalue weighted by molar-refractivity contribution is 0.120. The second kappa shape index (κ2) is 6.55. The van der Waals surface area contributed by atoms with E-state index in [0.29, 0.717) is 0 Å². The second-order valence-electron chi connectivity index (χ2n) is 7.47. The van der Waals surface area contributed by atoms with Crippen LogP contribution in [-0.2, 0) is 0 Å². The monoisotopic (exact) mass is 267 g/mol. The molecule has 1 aliphatic heterocycles. The minimum atomic E-state index is 0.732. The van der Waals surface area contributed by atoms with Crippen LogP contribution >= 0.6 is 0 Å². The molecule has 0 radical (unpaired) electrons. The summed E-state index contributed by atoms with van der Waals surface area (Å²) in [5, 5.41) is 0. The Hall–Kier alpha value is -0.120. The molecule has 3 nitrogen and oxygen atoms in total. The fourth-order valence-corrected chi connectivity index (χ4v) is 3.93. The molecular formula is C16H33N3. The molecule has 19 heavy (non-hydrogen) atoms. The number of likely N-dealkylation sites (tertiary alicyclic amines) is 1. The number of hydrogen-bond acceptors (Lipinski definition) is 3. The van der Waals surface area contributed by atoms with Gasteiger partial charge in [-0.2, -0.15) is 0 Å². The van der Waals surface area contributed by atoms with Gasteiger partial charge in [0.1, 0.15) is 0 Å². The van der Waals surface area contributed by atoms with Crippen molar-refractivity contribution in [2.45, 2.75) is 32.7 Å². The van der Waals surface area contributed by atoms with E-state index in [-0.39, 0.29) is 0 Å². The molecule has 2 bridgehead atoms. The van der Waals surface area contributed by atoms with Gasteiger partial charge in [0, 0.05) is 38.8 Å². The maximum Gasteiger partial charge on any atom is 0.0106 e. The van der Waals surface area contributed by atoms with Crippen LogP contribution in [0.25, 0.3) is 0 Å². The quantitative estimate of drug-likeness (QED) is 0.727. The molecule has 2 aliphatic rings. The molecule has 1 heterocycles. The van der Waals surface area contributed by atoms with Crippen molar-refractivity contribution in [1.29, 1.82) is 0 Å². The molecule has 0 N–H and O–H groups in total. The second-order valence-corrected chi connectivity index (χ2v) is 7.47. The molecular weight excluding hydrogens is 234 g/mol. The number of likely N-dealkylation sites (N-methyl/N-ethyl adjacent to an activating group) is 2. The van der Waals surface area contributed by atoms with Gasteiger partial charge in [-0.15, -0.1) is 0 Å². The molecule has 0 aromatic carbocycles. The summed E-state index contributed by atoms with van der Waals surface area (Å²) in [6.45, 7) is 11.1. The van der Waals surface area contributed by atoms with E-state index in [2.05, 4.69) is 49.7 Å². The summed E-state index contributed by atoms with van der Waals surface area (Å²) < 4.78 is 0. The van der Waals surface area contributed by atoms with Gasteiger partial charge in [0.2, 0.25) is 0 Å². The smallest absolute Gasteiger partial charge is 0.0106 e. The zero-order chi connectivity index (χ0) is 14.0. The zero-order valence-corrected chi connectivity index (χ0v) is 13.6.